The number of hydrogen-bond acceptors (Lipinski definition) is 7. The number of aliphatic carboxylic acids is 1. The summed E-state index contributed by atoms with van der Waals surface area (Å²) < 4.78 is 5.20. The number of carboxylic acids is 1. The zero-order chi connectivity index (χ0) is 13.0. The molecule has 1 aliphatic heterocycles. The van der Waals surface area contributed by atoms with Gasteiger partial charge in [0, 0.05) is 0 Å². The van der Waals surface area contributed by atoms with Crippen molar-refractivity contribution in [3.63, 3.8) is 0 Å². The van der Waals surface area contributed by atoms with Crippen LogP contribution in [0.1, 0.15) is 6.42 Å². The van der Waals surface area contributed by atoms with Crippen LogP contribution < -0.4 is 5.73 Å². The Morgan fingerprint density at radius 2 is 2.06 bits per heavy atom. The fourth-order valence-corrected chi connectivity index (χ4v) is 2.64. The first kappa shape index (κ1) is 14.7. The molecular weight excluding hydrogens is 250 g/mol. The second-order valence-electron chi connectivity index (χ2n) is 3.81. The lowest BCUT2D eigenvalue weighted by Crippen LogP contribution is -2.33. The van der Waals surface area contributed by atoms with Crippen LogP contribution >= 0.6 is 11.8 Å². The zero-order valence-electron chi connectivity index (χ0n) is 9.10. The lowest BCUT2D eigenvalue weighted by molar-refractivity contribution is -0.138. The molecule has 0 aromatic heterocycles. The van der Waals surface area contributed by atoms with Gasteiger partial charge in [-0.3, -0.25) is 4.79 Å². The number of carboxylic acid groups (broad SMARTS) is 1. The van der Waals surface area contributed by atoms with Gasteiger partial charge in [0.15, 0.2) is 0 Å². The van der Waals surface area contributed by atoms with Crippen LogP contribution in [-0.2, 0) is 9.53 Å². The molecule has 8 heteroatoms. The summed E-state index contributed by atoms with van der Waals surface area (Å²) in [6.45, 7) is -0.371. The topological polar surface area (TPSA) is 133 Å². The first-order valence-electron chi connectivity index (χ1n) is 5.19. The molecule has 0 bridgehead atoms. The van der Waals surface area contributed by atoms with Crippen LogP contribution in [0, 0.1) is 0 Å². The van der Waals surface area contributed by atoms with Crippen molar-refractivity contribution in [3.05, 3.63) is 0 Å². The van der Waals surface area contributed by atoms with Crippen LogP contribution in [0.25, 0.3) is 0 Å². The number of ether oxygens (including phenoxy) is 1. The maximum absolute atomic E-state index is 10.5. The SMILES string of the molecule is N[C@@H](CCSC1O[C@H](CO)[C@@H](O)[C@H]1O)C(=O)O. The summed E-state index contributed by atoms with van der Waals surface area (Å²) >= 11 is 1.17. The molecule has 6 N–H and O–H groups in total. The average molecular weight is 267 g/mol. The van der Waals surface area contributed by atoms with Crippen LogP contribution in [-0.4, -0.2) is 68.5 Å². The Kier molecular flexibility index (Phi) is 5.63. The molecule has 7 nitrogen and oxygen atoms in total. The van der Waals surface area contributed by atoms with Crippen molar-refractivity contribution in [1.82, 2.24) is 0 Å². The van der Waals surface area contributed by atoms with E-state index >= 15 is 0 Å². The highest BCUT2D eigenvalue weighted by Crippen LogP contribution is 2.29. The van der Waals surface area contributed by atoms with Crippen molar-refractivity contribution in [2.45, 2.75) is 36.2 Å². The van der Waals surface area contributed by atoms with Gasteiger partial charge >= 0.3 is 5.97 Å². The van der Waals surface area contributed by atoms with Gasteiger partial charge in [0.25, 0.3) is 0 Å². The average Bonchev–Trinajstić information content (AvgIpc) is 2.56. The van der Waals surface area contributed by atoms with Gasteiger partial charge in [-0.15, -0.1) is 11.8 Å². The van der Waals surface area contributed by atoms with Crippen LogP contribution in [0.5, 0.6) is 0 Å². The molecule has 1 saturated heterocycles. The van der Waals surface area contributed by atoms with Crippen LogP contribution in [0.4, 0.5) is 0 Å². The van der Waals surface area contributed by atoms with E-state index in [-0.39, 0.29) is 13.0 Å². The number of nitrogens with two attached hydrogens (primary N) is 1. The fourth-order valence-electron chi connectivity index (χ4n) is 1.44. The summed E-state index contributed by atoms with van der Waals surface area (Å²) in [6, 6.07) is -0.945. The van der Waals surface area contributed by atoms with Gasteiger partial charge in [-0.05, 0) is 12.2 Å². The summed E-state index contributed by atoms with van der Waals surface area (Å²) in [5.74, 6) is -0.688. The molecule has 0 radical (unpaired) electrons. The lowest BCUT2D eigenvalue weighted by atomic mass is 10.2. The minimum Gasteiger partial charge on any atom is -0.480 e. The second-order valence-corrected chi connectivity index (χ2v) is 5.02. The molecule has 1 unspecified atom stereocenters. The summed E-state index contributed by atoms with van der Waals surface area (Å²) in [7, 11) is 0. The lowest BCUT2D eigenvalue weighted by Gasteiger charge is -2.14. The standard InChI is InChI=1S/C9H17NO6S/c10-4(8(14)15)1-2-17-9-7(13)6(12)5(3-11)16-9/h4-7,9,11-13H,1-3,10H2,(H,14,15)/t4-,5+,6+,7+,9?/m0/s1. The van der Waals surface area contributed by atoms with E-state index in [4.69, 9.17) is 20.7 Å². The Bertz CT molecular complexity index is 266. The number of thioether (sulfide) groups is 1. The minimum absolute atomic E-state index is 0.243. The Morgan fingerprint density at radius 3 is 2.53 bits per heavy atom. The van der Waals surface area contributed by atoms with Crippen LogP contribution in [0.3, 0.4) is 0 Å². The number of hydrogen-bond donors (Lipinski definition) is 5. The maximum Gasteiger partial charge on any atom is 0.320 e. The highest BCUT2D eigenvalue weighted by molar-refractivity contribution is 7.99. The molecule has 0 aromatic rings. The summed E-state index contributed by atoms with van der Waals surface area (Å²) in [5, 5.41) is 36.5. The van der Waals surface area contributed by atoms with Crippen molar-refractivity contribution < 1.29 is 30.0 Å². The molecule has 100 valence electrons. The van der Waals surface area contributed by atoms with Crippen LogP contribution in [0.2, 0.25) is 0 Å². The highest BCUT2D eigenvalue weighted by atomic mass is 32.2. The van der Waals surface area contributed by atoms with Crippen molar-refractivity contribution in [2.24, 2.45) is 5.73 Å². The van der Waals surface area contributed by atoms with E-state index in [2.05, 4.69) is 0 Å². The first-order chi connectivity index (χ1) is 7.97. The molecule has 0 aromatic carbocycles. The Morgan fingerprint density at radius 1 is 1.41 bits per heavy atom. The molecule has 0 amide bonds. The molecule has 0 aliphatic carbocycles. The highest BCUT2D eigenvalue weighted by Gasteiger charge is 2.42. The van der Waals surface area contributed by atoms with Gasteiger partial charge in [-0.1, -0.05) is 0 Å². The van der Waals surface area contributed by atoms with E-state index in [1.165, 1.54) is 11.8 Å². The second kappa shape index (κ2) is 6.53. The molecule has 17 heavy (non-hydrogen) atoms. The van der Waals surface area contributed by atoms with Gasteiger partial charge in [0.05, 0.1) is 6.61 Å². The third-order valence-electron chi connectivity index (χ3n) is 2.53. The largest absolute Gasteiger partial charge is 0.480 e. The number of aliphatic hydroxyl groups excluding tert-OH is 3. The third kappa shape index (κ3) is 3.80. The van der Waals surface area contributed by atoms with E-state index in [1.807, 2.05) is 0 Å². The third-order valence-corrected chi connectivity index (χ3v) is 3.72. The first-order valence-corrected chi connectivity index (χ1v) is 6.24. The zero-order valence-corrected chi connectivity index (χ0v) is 9.92. The van der Waals surface area contributed by atoms with Gasteiger partial charge in [-0.25, -0.2) is 0 Å². The Balaban J connectivity index is 2.31. The summed E-state index contributed by atoms with van der Waals surface area (Å²) in [6.07, 6.45) is -2.76. The molecule has 1 heterocycles. The van der Waals surface area contributed by atoms with E-state index in [0.29, 0.717) is 5.75 Å². The molecule has 1 rings (SSSR count). The predicted octanol–water partition coefficient (Wildman–Crippen LogP) is -2.04. The van der Waals surface area contributed by atoms with Gasteiger partial charge < -0.3 is 30.9 Å². The predicted molar refractivity (Wildman–Crippen MR) is 60.4 cm³/mol. The molecule has 1 fully saturated rings. The minimum atomic E-state index is -1.12. The van der Waals surface area contributed by atoms with Crippen LogP contribution in [0.15, 0.2) is 0 Å². The quantitative estimate of drug-likeness (QED) is 0.372. The van der Waals surface area contributed by atoms with E-state index in [0.717, 1.165) is 0 Å². The number of rotatable bonds is 6. The maximum atomic E-state index is 10.5. The van der Waals surface area contributed by atoms with Gasteiger partial charge in [0.1, 0.15) is 29.8 Å². The monoisotopic (exact) mass is 267 g/mol. The van der Waals surface area contributed by atoms with Crippen molar-refractivity contribution >= 4 is 17.7 Å². The Labute approximate surface area is 103 Å². The molecule has 5 atom stereocenters. The Hall–Kier alpha value is -0.380. The molecule has 0 spiro atoms. The van der Waals surface area contributed by atoms with E-state index in [9.17, 15) is 15.0 Å². The van der Waals surface area contributed by atoms with E-state index < -0.39 is 35.8 Å². The molecule has 0 saturated carbocycles. The molecular formula is C9H17NO6S. The summed E-state index contributed by atoms with van der Waals surface area (Å²) in [4.78, 5) is 10.5. The fraction of sp³-hybridized carbons (Fsp3) is 0.889. The normalized spacial score (nSPS) is 34.8. The van der Waals surface area contributed by atoms with E-state index in [1.54, 1.807) is 0 Å². The van der Waals surface area contributed by atoms with Crippen molar-refractivity contribution in [2.75, 3.05) is 12.4 Å². The molecule has 1 aliphatic rings. The van der Waals surface area contributed by atoms with Gasteiger partial charge in [0.2, 0.25) is 0 Å². The van der Waals surface area contributed by atoms with Gasteiger partial charge in [-0.2, -0.15) is 0 Å². The smallest absolute Gasteiger partial charge is 0.320 e. The van der Waals surface area contributed by atoms with Crippen molar-refractivity contribution in [3.8, 4) is 0 Å². The number of aliphatic hydroxyl groups is 3. The van der Waals surface area contributed by atoms with Crippen molar-refractivity contribution in [1.29, 1.82) is 0 Å². The summed E-state index contributed by atoms with van der Waals surface area (Å²) in [5.41, 5.74) is 4.65. The number of carbonyl (C=O) groups is 1.